The Morgan fingerprint density at radius 1 is 1.28 bits per heavy atom. The number of fused-ring (bicyclic) bond motifs is 1. The van der Waals surface area contributed by atoms with E-state index in [9.17, 15) is 0 Å². The maximum atomic E-state index is 9.15. The van der Waals surface area contributed by atoms with E-state index in [1.165, 1.54) is 18.0 Å². The highest BCUT2D eigenvalue weighted by atomic mass is 32.2. The molecule has 0 aliphatic rings. The molecule has 1 aromatic carbocycles. The van der Waals surface area contributed by atoms with E-state index in [4.69, 9.17) is 9.68 Å². The van der Waals surface area contributed by atoms with Crippen LogP contribution in [0.4, 0.5) is 0 Å². The Morgan fingerprint density at radius 3 is 2.94 bits per heavy atom. The van der Waals surface area contributed by atoms with Gasteiger partial charge in [-0.25, -0.2) is 9.97 Å². The first-order valence-corrected chi connectivity index (χ1v) is 6.06. The van der Waals surface area contributed by atoms with E-state index in [1.54, 1.807) is 6.20 Å². The first kappa shape index (κ1) is 10.8. The zero-order valence-corrected chi connectivity index (χ0v) is 10.0. The number of hydrogen-bond donors (Lipinski definition) is 0. The van der Waals surface area contributed by atoms with E-state index in [-0.39, 0.29) is 0 Å². The zero-order valence-electron chi connectivity index (χ0n) is 9.20. The Bertz CT molecular complexity index is 732. The summed E-state index contributed by atoms with van der Waals surface area (Å²) in [5.74, 6) is 0. The third-order valence-corrected chi connectivity index (χ3v) is 3.28. The molecule has 0 unspecified atom stereocenters. The number of pyridine rings is 1. The molecule has 0 saturated heterocycles. The lowest BCUT2D eigenvalue weighted by Crippen LogP contribution is -1.88. The van der Waals surface area contributed by atoms with Crippen LogP contribution in [0.15, 0.2) is 57.5 Å². The number of nitriles is 1. The van der Waals surface area contributed by atoms with Crippen molar-refractivity contribution >= 4 is 22.7 Å². The van der Waals surface area contributed by atoms with Gasteiger partial charge in [0.2, 0.25) is 0 Å². The molecule has 0 atom stereocenters. The Labute approximate surface area is 107 Å². The lowest BCUT2D eigenvalue weighted by atomic mass is 10.2. The third kappa shape index (κ3) is 1.94. The van der Waals surface area contributed by atoms with Gasteiger partial charge in [0.25, 0.3) is 5.22 Å². The van der Waals surface area contributed by atoms with Crippen molar-refractivity contribution in [3.8, 4) is 6.07 Å². The maximum Gasteiger partial charge on any atom is 0.262 e. The molecule has 0 N–H and O–H groups in total. The molecule has 0 saturated carbocycles. The van der Waals surface area contributed by atoms with Crippen LogP contribution in [-0.2, 0) is 0 Å². The van der Waals surface area contributed by atoms with Gasteiger partial charge in [-0.2, -0.15) is 5.26 Å². The fourth-order valence-electron chi connectivity index (χ4n) is 1.60. The summed E-state index contributed by atoms with van der Waals surface area (Å²) < 4.78 is 5.15. The van der Waals surface area contributed by atoms with Gasteiger partial charge in [0.05, 0.1) is 17.3 Å². The molecule has 3 aromatic rings. The molecule has 0 aliphatic carbocycles. The van der Waals surface area contributed by atoms with E-state index in [0.29, 0.717) is 15.8 Å². The summed E-state index contributed by atoms with van der Waals surface area (Å²) in [5, 5.41) is 11.2. The summed E-state index contributed by atoms with van der Waals surface area (Å²) >= 11 is 1.25. The van der Waals surface area contributed by atoms with Crippen LogP contribution in [0.2, 0.25) is 0 Å². The quantitative estimate of drug-likeness (QED) is 0.701. The van der Waals surface area contributed by atoms with E-state index in [0.717, 1.165) is 10.9 Å². The number of para-hydroxylation sites is 1. The first-order valence-electron chi connectivity index (χ1n) is 5.24. The highest BCUT2D eigenvalue weighted by Crippen LogP contribution is 2.29. The van der Waals surface area contributed by atoms with E-state index in [2.05, 4.69) is 16.0 Å². The second-order valence-electron chi connectivity index (χ2n) is 3.55. The number of aromatic nitrogens is 2. The monoisotopic (exact) mass is 253 g/mol. The lowest BCUT2D eigenvalue weighted by molar-refractivity contribution is 0.454. The standard InChI is InChI=1S/C13H7N3OS/c14-8-10-7-9-3-1-2-4-11(9)16-12(10)18-13-15-5-6-17-13/h1-7H. The van der Waals surface area contributed by atoms with Crippen molar-refractivity contribution < 1.29 is 4.42 Å². The smallest absolute Gasteiger partial charge is 0.262 e. The van der Waals surface area contributed by atoms with Gasteiger partial charge >= 0.3 is 0 Å². The number of hydrogen-bond acceptors (Lipinski definition) is 5. The summed E-state index contributed by atoms with van der Waals surface area (Å²) in [7, 11) is 0. The molecule has 0 radical (unpaired) electrons. The molecular weight excluding hydrogens is 246 g/mol. The van der Waals surface area contributed by atoms with Crippen molar-refractivity contribution in [1.82, 2.24) is 9.97 Å². The third-order valence-electron chi connectivity index (χ3n) is 2.40. The summed E-state index contributed by atoms with van der Waals surface area (Å²) in [6, 6.07) is 11.7. The van der Waals surface area contributed by atoms with Crippen molar-refractivity contribution in [1.29, 1.82) is 5.26 Å². The van der Waals surface area contributed by atoms with Gasteiger partial charge in [-0.3, -0.25) is 0 Å². The molecule has 3 rings (SSSR count). The summed E-state index contributed by atoms with van der Waals surface area (Å²) in [6.45, 7) is 0. The molecule has 0 aliphatic heterocycles. The minimum atomic E-state index is 0.481. The van der Waals surface area contributed by atoms with Crippen molar-refractivity contribution in [3.05, 3.63) is 48.4 Å². The molecule has 4 nitrogen and oxygen atoms in total. The Balaban J connectivity index is 2.12. The second kappa shape index (κ2) is 4.51. The lowest BCUT2D eigenvalue weighted by Gasteiger charge is -2.02. The van der Waals surface area contributed by atoms with Gasteiger partial charge in [0, 0.05) is 5.39 Å². The molecule has 18 heavy (non-hydrogen) atoms. The predicted molar refractivity (Wildman–Crippen MR) is 67.1 cm³/mol. The largest absolute Gasteiger partial charge is 0.440 e. The second-order valence-corrected chi connectivity index (χ2v) is 4.49. The van der Waals surface area contributed by atoms with Crippen molar-refractivity contribution in [2.24, 2.45) is 0 Å². The minimum Gasteiger partial charge on any atom is -0.440 e. The van der Waals surface area contributed by atoms with Crippen molar-refractivity contribution in [2.75, 3.05) is 0 Å². The molecule has 2 aromatic heterocycles. The molecule has 5 heteroatoms. The number of rotatable bonds is 2. The van der Waals surface area contributed by atoms with E-state index in [1.807, 2.05) is 30.3 Å². The van der Waals surface area contributed by atoms with Crippen molar-refractivity contribution in [2.45, 2.75) is 10.2 Å². The van der Waals surface area contributed by atoms with Gasteiger partial charge in [-0.05, 0) is 23.9 Å². The molecular formula is C13H7N3OS. The van der Waals surface area contributed by atoms with Crippen LogP contribution in [0, 0.1) is 11.3 Å². The summed E-state index contributed by atoms with van der Waals surface area (Å²) in [4.78, 5) is 8.48. The number of nitrogens with zero attached hydrogens (tertiary/aromatic N) is 3. The predicted octanol–water partition coefficient (Wildman–Crippen LogP) is 3.25. The first-order chi connectivity index (χ1) is 8.86. The molecule has 0 bridgehead atoms. The number of benzene rings is 1. The minimum absolute atomic E-state index is 0.481. The fraction of sp³-hybridized carbons (Fsp3) is 0. The van der Waals surface area contributed by atoms with Crippen LogP contribution in [0.25, 0.3) is 10.9 Å². The average Bonchev–Trinajstić information content (AvgIpc) is 2.91. The fourth-order valence-corrected chi connectivity index (χ4v) is 2.34. The van der Waals surface area contributed by atoms with Gasteiger partial charge in [-0.1, -0.05) is 18.2 Å². The molecule has 2 heterocycles. The van der Waals surface area contributed by atoms with E-state index < -0.39 is 0 Å². The highest BCUT2D eigenvalue weighted by Gasteiger charge is 2.10. The van der Waals surface area contributed by atoms with Gasteiger partial charge in [-0.15, -0.1) is 0 Å². The molecule has 86 valence electrons. The number of oxazole rings is 1. The molecule has 0 fully saturated rings. The van der Waals surface area contributed by atoms with Crippen LogP contribution in [0.1, 0.15) is 5.56 Å². The van der Waals surface area contributed by atoms with Crippen LogP contribution in [-0.4, -0.2) is 9.97 Å². The van der Waals surface area contributed by atoms with Crippen LogP contribution in [0.3, 0.4) is 0 Å². The molecule has 0 spiro atoms. The average molecular weight is 253 g/mol. The summed E-state index contributed by atoms with van der Waals surface area (Å²) in [6.07, 6.45) is 3.06. The van der Waals surface area contributed by atoms with Gasteiger partial charge in [0.15, 0.2) is 0 Å². The molecule has 0 amide bonds. The van der Waals surface area contributed by atoms with E-state index >= 15 is 0 Å². The highest BCUT2D eigenvalue weighted by molar-refractivity contribution is 7.99. The van der Waals surface area contributed by atoms with Crippen LogP contribution < -0.4 is 0 Å². The Hall–Kier alpha value is -2.32. The summed E-state index contributed by atoms with van der Waals surface area (Å²) in [5.41, 5.74) is 1.38. The van der Waals surface area contributed by atoms with Gasteiger partial charge < -0.3 is 4.42 Å². The Morgan fingerprint density at radius 2 is 2.17 bits per heavy atom. The Kier molecular flexibility index (Phi) is 2.71. The maximum absolute atomic E-state index is 9.15. The topological polar surface area (TPSA) is 62.7 Å². The SMILES string of the molecule is N#Cc1cc2ccccc2nc1Sc1ncco1. The zero-order chi connectivity index (χ0) is 12.4. The normalized spacial score (nSPS) is 10.4. The van der Waals surface area contributed by atoms with Crippen LogP contribution in [0.5, 0.6) is 0 Å². The van der Waals surface area contributed by atoms with Crippen LogP contribution >= 0.6 is 11.8 Å². The van der Waals surface area contributed by atoms with Crippen molar-refractivity contribution in [3.63, 3.8) is 0 Å². The van der Waals surface area contributed by atoms with Gasteiger partial charge in [0.1, 0.15) is 17.4 Å².